The summed E-state index contributed by atoms with van der Waals surface area (Å²) in [4.78, 5) is 30.1. The van der Waals surface area contributed by atoms with Crippen molar-refractivity contribution in [2.75, 3.05) is 6.54 Å². The van der Waals surface area contributed by atoms with E-state index < -0.39 is 0 Å². The first-order chi connectivity index (χ1) is 14.6. The highest BCUT2D eigenvalue weighted by Gasteiger charge is 2.24. The van der Waals surface area contributed by atoms with Crippen LogP contribution in [-0.2, 0) is 19.4 Å². The SMILES string of the molecule is CCCc1nnc2c(=O)[nH]c3cc(C(=O)N4CCc5c(F)cccc5C4)ccc3n12. The minimum atomic E-state index is -0.343. The Morgan fingerprint density at radius 2 is 2.10 bits per heavy atom. The molecule has 0 spiro atoms. The molecule has 0 bridgehead atoms. The van der Waals surface area contributed by atoms with Crippen LogP contribution in [0.2, 0.25) is 0 Å². The fourth-order valence-corrected chi connectivity index (χ4v) is 4.16. The molecule has 2 aromatic heterocycles. The second-order valence-corrected chi connectivity index (χ2v) is 7.57. The Morgan fingerprint density at radius 3 is 2.93 bits per heavy atom. The van der Waals surface area contributed by atoms with E-state index in [0.717, 1.165) is 23.3 Å². The van der Waals surface area contributed by atoms with Gasteiger partial charge in [-0.2, -0.15) is 0 Å². The first-order valence-corrected chi connectivity index (χ1v) is 10.0. The van der Waals surface area contributed by atoms with Crippen molar-refractivity contribution in [2.45, 2.75) is 32.7 Å². The van der Waals surface area contributed by atoms with Gasteiger partial charge in [-0.05, 0) is 48.2 Å². The third-order valence-corrected chi connectivity index (χ3v) is 5.64. The maximum atomic E-state index is 14.0. The Bertz CT molecular complexity index is 1360. The molecule has 7 nitrogen and oxygen atoms in total. The van der Waals surface area contributed by atoms with E-state index in [-0.39, 0.29) is 22.9 Å². The molecule has 0 atom stereocenters. The van der Waals surface area contributed by atoms with E-state index in [9.17, 15) is 14.0 Å². The maximum Gasteiger partial charge on any atom is 0.294 e. The smallest absolute Gasteiger partial charge is 0.294 e. The number of carbonyl (C=O) groups excluding carboxylic acids is 1. The van der Waals surface area contributed by atoms with Crippen molar-refractivity contribution in [1.29, 1.82) is 0 Å². The maximum absolute atomic E-state index is 14.0. The minimum absolute atomic E-state index is 0.148. The van der Waals surface area contributed by atoms with Gasteiger partial charge >= 0.3 is 0 Å². The molecule has 1 aliphatic heterocycles. The molecule has 2 aromatic carbocycles. The van der Waals surface area contributed by atoms with Crippen molar-refractivity contribution >= 4 is 22.6 Å². The molecule has 0 radical (unpaired) electrons. The fraction of sp³-hybridized carbons (Fsp3) is 0.273. The largest absolute Gasteiger partial charge is 0.334 e. The summed E-state index contributed by atoms with van der Waals surface area (Å²) < 4.78 is 15.7. The van der Waals surface area contributed by atoms with Crippen molar-refractivity contribution in [3.05, 3.63) is 75.1 Å². The molecule has 3 heterocycles. The molecule has 30 heavy (non-hydrogen) atoms. The number of rotatable bonds is 3. The van der Waals surface area contributed by atoms with Gasteiger partial charge in [0.05, 0.1) is 11.0 Å². The summed E-state index contributed by atoms with van der Waals surface area (Å²) in [5.41, 5.74) is 3.20. The van der Waals surface area contributed by atoms with Crippen molar-refractivity contribution in [1.82, 2.24) is 24.5 Å². The van der Waals surface area contributed by atoms with Crippen LogP contribution in [0.25, 0.3) is 16.7 Å². The Balaban J connectivity index is 1.54. The normalized spacial score (nSPS) is 13.7. The summed E-state index contributed by atoms with van der Waals surface area (Å²) in [5, 5.41) is 8.15. The van der Waals surface area contributed by atoms with E-state index in [1.807, 2.05) is 19.1 Å². The number of benzene rings is 2. The second-order valence-electron chi connectivity index (χ2n) is 7.57. The zero-order chi connectivity index (χ0) is 20.8. The molecular weight excluding hydrogens is 385 g/mol. The number of amides is 1. The number of halogens is 1. The fourth-order valence-electron chi connectivity index (χ4n) is 4.16. The molecule has 1 amide bonds. The summed E-state index contributed by atoms with van der Waals surface area (Å²) in [6, 6.07) is 10.2. The van der Waals surface area contributed by atoms with E-state index in [4.69, 9.17) is 0 Å². The third kappa shape index (κ3) is 2.87. The predicted octanol–water partition coefficient (Wildman–Crippen LogP) is 2.86. The van der Waals surface area contributed by atoms with Crippen molar-refractivity contribution in [3.63, 3.8) is 0 Å². The number of H-pyrrole nitrogens is 1. The van der Waals surface area contributed by atoms with Crippen molar-refractivity contribution in [2.24, 2.45) is 0 Å². The number of nitrogens with zero attached hydrogens (tertiary/aromatic N) is 4. The van der Waals surface area contributed by atoms with Crippen LogP contribution in [0.3, 0.4) is 0 Å². The molecule has 0 fully saturated rings. The van der Waals surface area contributed by atoms with E-state index >= 15 is 0 Å². The van der Waals surface area contributed by atoms with Crippen LogP contribution in [0, 0.1) is 5.82 Å². The predicted molar refractivity (Wildman–Crippen MR) is 110 cm³/mol. The highest BCUT2D eigenvalue weighted by molar-refractivity contribution is 5.97. The molecule has 8 heteroatoms. The van der Waals surface area contributed by atoms with Gasteiger partial charge in [-0.3, -0.25) is 14.0 Å². The molecule has 0 aliphatic carbocycles. The van der Waals surface area contributed by atoms with Crippen LogP contribution in [0.4, 0.5) is 4.39 Å². The van der Waals surface area contributed by atoms with E-state index in [1.165, 1.54) is 6.07 Å². The Kier molecular flexibility index (Phi) is 4.34. The van der Waals surface area contributed by atoms with Gasteiger partial charge in [0.2, 0.25) is 5.65 Å². The van der Waals surface area contributed by atoms with Crippen LogP contribution >= 0.6 is 0 Å². The molecule has 0 saturated heterocycles. The van der Waals surface area contributed by atoms with Crippen LogP contribution in [0.5, 0.6) is 0 Å². The van der Waals surface area contributed by atoms with Gasteiger partial charge in [-0.1, -0.05) is 19.1 Å². The lowest BCUT2D eigenvalue weighted by Gasteiger charge is -2.29. The number of aromatic amines is 1. The molecule has 152 valence electrons. The summed E-state index contributed by atoms with van der Waals surface area (Å²) >= 11 is 0. The van der Waals surface area contributed by atoms with Crippen LogP contribution in [-0.4, -0.2) is 36.9 Å². The van der Waals surface area contributed by atoms with Gasteiger partial charge < -0.3 is 9.88 Å². The lowest BCUT2D eigenvalue weighted by molar-refractivity contribution is 0.0733. The molecule has 0 unspecified atom stereocenters. The average Bonchev–Trinajstić information content (AvgIpc) is 3.18. The zero-order valence-electron chi connectivity index (χ0n) is 16.5. The van der Waals surface area contributed by atoms with Gasteiger partial charge in [0.25, 0.3) is 11.5 Å². The second kappa shape index (κ2) is 7.05. The molecule has 0 saturated carbocycles. The molecule has 1 N–H and O–H groups in total. The van der Waals surface area contributed by atoms with Crippen molar-refractivity contribution < 1.29 is 9.18 Å². The zero-order valence-corrected chi connectivity index (χ0v) is 16.5. The summed E-state index contributed by atoms with van der Waals surface area (Å²) in [6.45, 7) is 2.86. The monoisotopic (exact) mass is 405 g/mol. The van der Waals surface area contributed by atoms with E-state index in [2.05, 4.69) is 15.2 Å². The highest BCUT2D eigenvalue weighted by atomic mass is 19.1. The van der Waals surface area contributed by atoms with Crippen molar-refractivity contribution in [3.8, 4) is 0 Å². The Hall–Kier alpha value is -3.55. The van der Waals surface area contributed by atoms with Gasteiger partial charge in [-0.25, -0.2) is 4.39 Å². The van der Waals surface area contributed by atoms with Gasteiger partial charge in [-0.15, -0.1) is 10.2 Å². The van der Waals surface area contributed by atoms with E-state index in [0.29, 0.717) is 42.6 Å². The number of fused-ring (bicyclic) bond motifs is 4. The molecule has 4 aromatic rings. The summed E-state index contributed by atoms with van der Waals surface area (Å²) in [7, 11) is 0. The molecular formula is C22H20FN5O2. The average molecular weight is 405 g/mol. The number of hydrogen-bond donors (Lipinski definition) is 1. The highest BCUT2D eigenvalue weighted by Crippen LogP contribution is 2.24. The molecule has 1 aliphatic rings. The number of hydrogen-bond acceptors (Lipinski definition) is 4. The first kappa shape index (κ1) is 18.5. The first-order valence-electron chi connectivity index (χ1n) is 10.0. The Morgan fingerprint density at radius 1 is 1.23 bits per heavy atom. The van der Waals surface area contributed by atoms with Gasteiger partial charge in [0.1, 0.15) is 11.6 Å². The van der Waals surface area contributed by atoms with Crippen LogP contribution < -0.4 is 5.56 Å². The number of carbonyl (C=O) groups is 1. The topological polar surface area (TPSA) is 83.4 Å². The quantitative estimate of drug-likeness (QED) is 0.568. The standard InChI is InChI=1S/C22H20FN5O2/c1-2-4-19-25-26-20-21(29)24-17-11-13(7-8-18(17)28(19)20)22(30)27-10-9-15-14(12-27)5-3-6-16(15)23/h3,5-8,11H,2,4,9-10,12H2,1H3,(H,24,29). The lowest BCUT2D eigenvalue weighted by atomic mass is 9.98. The number of aryl methyl sites for hydroxylation is 1. The van der Waals surface area contributed by atoms with Gasteiger partial charge in [0, 0.05) is 25.1 Å². The Labute approximate surface area is 171 Å². The molecule has 5 rings (SSSR count). The van der Waals surface area contributed by atoms with Crippen LogP contribution in [0.15, 0.2) is 41.2 Å². The summed E-state index contributed by atoms with van der Waals surface area (Å²) in [6.07, 6.45) is 2.06. The van der Waals surface area contributed by atoms with Crippen LogP contribution in [0.1, 0.15) is 40.7 Å². The van der Waals surface area contributed by atoms with Gasteiger partial charge in [0.15, 0.2) is 0 Å². The number of nitrogens with one attached hydrogen (secondary N) is 1. The summed E-state index contributed by atoms with van der Waals surface area (Å²) in [5.74, 6) is 0.353. The minimum Gasteiger partial charge on any atom is -0.334 e. The van der Waals surface area contributed by atoms with E-state index in [1.54, 1.807) is 27.5 Å². The third-order valence-electron chi connectivity index (χ3n) is 5.64. The lowest BCUT2D eigenvalue weighted by Crippen LogP contribution is -2.36. The number of aromatic nitrogens is 4.